The predicted molar refractivity (Wildman–Crippen MR) is 46.5 cm³/mol. The molecule has 0 unspecified atom stereocenters. The molecule has 0 aliphatic carbocycles. The standard InChI is InChI=1S/C9H14N2/c1-8(10-2)7-9-5-3-4-6-11-9/h3-6,8,10H,7H2,1-2H3/t8-/m1/s1. The molecule has 1 aromatic heterocycles. The summed E-state index contributed by atoms with van der Waals surface area (Å²) >= 11 is 0. The Labute approximate surface area is 67.7 Å². The quantitative estimate of drug-likeness (QED) is 0.701. The van der Waals surface area contributed by atoms with E-state index in [4.69, 9.17) is 0 Å². The molecule has 2 nitrogen and oxygen atoms in total. The van der Waals surface area contributed by atoms with Crippen LogP contribution in [0.3, 0.4) is 0 Å². The molecule has 0 aliphatic rings. The van der Waals surface area contributed by atoms with E-state index in [0.29, 0.717) is 6.04 Å². The molecule has 0 spiro atoms. The van der Waals surface area contributed by atoms with E-state index in [1.165, 1.54) is 0 Å². The van der Waals surface area contributed by atoms with E-state index in [-0.39, 0.29) is 0 Å². The monoisotopic (exact) mass is 150 g/mol. The van der Waals surface area contributed by atoms with Crippen molar-refractivity contribution >= 4 is 0 Å². The van der Waals surface area contributed by atoms with Crippen molar-refractivity contribution in [2.75, 3.05) is 7.05 Å². The minimum atomic E-state index is 0.505. The summed E-state index contributed by atoms with van der Waals surface area (Å²) in [5.41, 5.74) is 1.15. The first-order valence-electron chi connectivity index (χ1n) is 3.90. The molecule has 1 N–H and O–H groups in total. The summed E-state index contributed by atoms with van der Waals surface area (Å²) in [6.45, 7) is 2.15. The Morgan fingerprint density at radius 1 is 1.55 bits per heavy atom. The first kappa shape index (κ1) is 8.21. The van der Waals surface area contributed by atoms with Gasteiger partial charge in [0.1, 0.15) is 0 Å². The van der Waals surface area contributed by atoms with Crippen LogP contribution in [0.25, 0.3) is 0 Å². The van der Waals surface area contributed by atoms with Gasteiger partial charge in [0.05, 0.1) is 0 Å². The summed E-state index contributed by atoms with van der Waals surface area (Å²) in [5.74, 6) is 0. The van der Waals surface area contributed by atoms with Crippen LogP contribution in [0.5, 0.6) is 0 Å². The fourth-order valence-corrected chi connectivity index (χ4v) is 0.935. The third kappa shape index (κ3) is 2.68. The maximum absolute atomic E-state index is 4.23. The van der Waals surface area contributed by atoms with Gasteiger partial charge in [-0.2, -0.15) is 0 Å². The number of nitrogens with one attached hydrogen (secondary N) is 1. The van der Waals surface area contributed by atoms with E-state index in [9.17, 15) is 0 Å². The second kappa shape index (κ2) is 4.09. The van der Waals surface area contributed by atoms with Gasteiger partial charge in [-0.25, -0.2) is 0 Å². The minimum absolute atomic E-state index is 0.505. The van der Waals surface area contributed by atoms with Crippen molar-refractivity contribution in [3.63, 3.8) is 0 Å². The van der Waals surface area contributed by atoms with Crippen LogP contribution in [0.2, 0.25) is 0 Å². The molecule has 1 aromatic rings. The van der Waals surface area contributed by atoms with E-state index in [1.807, 2.05) is 31.4 Å². The predicted octanol–water partition coefficient (Wildman–Crippen LogP) is 1.23. The maximum Gasteiger partial charge on any atom is 0.0419 e. The molecule has 0 saturated heterocycles. The first-order chi connectivity index (χ1) is 5.33. The lowest BCUT2D eigenvalue weighted by Gasteiger charge is -2.07. The zero-order valence-corrected chi connectivity index (χ0v) is 7.04. The average Bonchev–Trinajstić information content (AvgIpc) is 2.06. The van der Waals surface area contributed by atoms with Crippen LogP contribution in [-0.4, -0.2) is 18.1 Å². The summed E-state index contributed by atoms with van der Waals surface area (Å²) in [6.07, 6.45) is 2.83. The molecule has 2 heteroatoms. The number of pyridine rings is 1. The molecule has 60 valence electrons. The van der Waals surface area contributed by atoms with Crippen LogP contribution in [0, 0.1) is 0 Å². The van der Waals surface area contributed by atoms with E-state index in [2.05, 4.69) is 17.2 Å². The highest BCUT2D eigenvalue weighted by atomic mass is 14.9. The lowest BCUT2D eigenvalue weighted by atomic mass is 10.2. The van der Waals surface area contributed by atoms with Crippen LogP contribution in [0.4, 0.5) is 0 Å². The lowest BCUT2D eigenvalue weighted by Crippen LogP contribution is -2.23. The summed E-state index contributed by atoms with van der Waals surface area (Å²) in [5, 5.41) is 3.17. The number of aromatic nitrogens is 1. The van der Waals surface area contributed by atoms with Gasteiger partial charge in [0.2, 0.25) is 0 Å². The second-order valence-electron chi connectivity index (χ2n) is 2.71. The van der Waals surface area contributed by atoms with Gasteiger partial charge in [-0.05, 0) is 26.1 Å². The Morgan fingerprint density at radius 3 is 2.91 bits per heavy atom. The summed E-state index contributed by atoms with van der Waals surface area (Å²) in [4.78, 5) is 4.23. The zero-order chi connectivity index (χ0) is 8.10. The Kier molecular flexibility index (Phi) is 3.05. The summed E-state index contributed by atoms with van der Waals surface area (Å²) < 4.78 is 0. The van der Waals surface area contributed by atoms with Crippen molar-refractivity contribution in [3.05, 3.63) is 30.1 Å². The highest BCUT2D eigenvalue weighted by molar-refractivity contribution is 5.04. The highest BCUT2D eigenvalue weighted by Gasteiger charge is 1.99. The van der Waals surface area contributed by atoms with Crippen molar-refractivity contribution in [1.29, 1.82) is 0 Å². The van der Waals surface area contributed by atoms with E-state index >= 15 is 0 Å². The van der Waals surface area contributed by atoms with Crippen LogP contribution in [-0.2, 0) is 6.42 Å². The van der Waals surface area contributed by atoms with Crippen molar-refractivity contribution in [1.82, 2.24) is 10.3 Å². The Hall–Kier alpha value is -0.890. The minimum Gasteiger partial charge on any atom is -0.317 e. The molecule has 0 radical (unpaired) electrons. The topological polar surface area (TPSA) is 24.9 Å². The van der Waals surface area contributed by atoms with Crippen LogP contribution in [0.1, 0.15) is 12.6 Å². The van der Waals surface area contributed by atoms with E-state index in [1.54, 1.807) is 0 Å². The molecule has 0 bridgehead atoms. The number of rotatable bonds is 3. The van der Waals surface area contributed by atoms with Crippen molar-refractivity contribution < 1.29 is 0 Å². The highest BCUT2D eigenvalue weighted by Crippen LogP contribution is 1.97. The average molecular weight is 150 g/mol. The van der Waals surface area contributed by atoms with Crippen molar-refractivity contribution in [2.24, 2.45) is 0 Å². The lowest BCUT2D eigenvalue weighted by molar-refractivity contribution is 0.601. The van der Waals surface area contributed by atoms with E-state index < -0.39 is 0 Å². The molecule has 0 fully saturated rings. The third-order valence-electron chi connectivity index (χ3n) is 1.73. The Morgan fingerprint density at radius 2 is 2.36 bits per heavy atom. The van der Waals surface area contributed by atoms with E-state index in [0.717, 1.165) is 12.1 Å². The maximum atomic E-state index is 4.23. The third-order valence-corrected chi connectivity index (χ3v) is 1.73. The second-order valence-corrected chi connectivity index (χ2v) is 2.71. The fraction of sp³-hybridized carbons (Fsp3) is 0.444. The van der Waals surface area contributed by atoms with Gasteiger partial charge >= 0.3 is 0 Å². The molecule has 1 heterocycles. The van der Waals surface area contributed by atoms with Gasteiger partial charge in [0, 0.05) is 24.4 Å². The molecule has 1 atom stereocenters. The first-order valence-corrected chi connectivity index (χ1v) is 3.90. The van der Waals surface area contributed by atoms with Gasteiger partial charge < -0.3 is 5.32 Å². The van der Waals surface area contributed by atoms with Gasteiger partial charge in [-0.1, -0.05) is 6.07 Å². The van der Waals surface area contributed by atoms with Gasteiger partial charge in [0.15, 0.2) is 0 Å². The fourth-order valence-electron chi connectivity index (χ4n) is 0.935. The molecule has 11 heavy (non-hydrogen) atoms. The van der Waals surface area contributed by atoms with Crippen LogP contribution < -0.4 is 5.32 Å². The van der Waals surface area contributed by atoms with Crippen LogP contribution in [0.15, 0.2) is 24.4 Å². The smallest absolute Gasteiger partial charge is 0.0419 e. The van der Waals surface area contributed by atoms with Crippen molar-refractivity contribution in [2.45, 2.75) is 19.4 Å². The zero-order valence-electron chi connectivity index (χ0n) is 7.04. The van der Waals surface area contributed by atoms with Gasteiger partial charge in [-0.3, -0.25) is 4.98 Å². The molecular formula is C9H14N2. The number of likely N-dealkylation sites (N-methyl/N-ethyl adjacent to an activating group) is 1. The summed E-state index contributed by atoms with van der Waals surface area (Å²) in [7, 11) is 1.97. The Balaban J connectivity index is 2.51. The Bertz CT molecular complexity index is 196. The number of nitrogens with zero attached hydrogens (tertiary/aromatic N) is 1. The van der Waals surface area contributed by atoms with Crippen LogP contribution >= 0.6 is 0 Å². The molecular weight excluding hydrogens is 136 g/mol. The number of hydrogen-bond donors (Lipinski definition) is 1. The van der Waals surface area contributed by atoms with Gasteiger partial charge in [0.25, 0.3) is 0 Å². The molecule has 0 amide bonds. The molecule has 0 aliphatic heterocycles. The molecule has 0 saturated carbocycles. The normalized spacial score (nSPS) is 12.9. The number of hydrogen-bond acceptors (Lipinski definition) is 2. The SMILES string of the molecule is CN[C@H](C)Cc1ccccn1. The molecule has 0 aromatic carbocycles. The molecule has 1 rings (SSSR count). The summed E-state index contributed by atoms with van der Waals surface area (Å²) in [6, 6.07) is 6.51. The van der Waals surface area contributed by atoms with Gasteiger partial charge in [-0.15, -0.1) is 0 Å². The van der Waals surface area contributed by atoms with Crippen molar-refractivity contribution in [3.8, 4) is 0 Å². The largest absolute Gasteiger partial charge is 0.317 e.